The topological polar surface area (TPSA) is 78.5 Å². The summed E-state index contributed by atoms with van der Waals surface area (Å²) >= 11 is 0. The van der Waals surface area contributed by atoms with Crippen LogP contribution < -0.4 is 10.6 Å². The molecule has 1 rings (SSSR count). The van der Waals surface area contributed by atoms with Gasteiger partial charge in [-0.3, -0.25) is 14.4 Å². The van der Waals surface area contributed by atoms with Gasteiger partial charge < -0.3 is 15.5 Å². The molecule has 1 fully saturated rings. The highest BCUT2D eigenvalue weighted by Crippen LogP contribution is 2.16. The van der Waals surface area contributed by atoms with E-state index < -0.39 is 0 Å². The van der Waals surface area contributed by atoms with E-state index in [4.69, 9.17) is 0 Å². The standard InChI is InChI=1S/C12H21N3O3/c1-9(16)13-5-6-14-12(18)11-4-3-7-15(8-11)10(2)17/h11H,3-8H2,1-2H3,(H,13,16)(H,14,18). The van der Waals surface area contributed by atoms with Crippen LogP contribution in [-0.2, 0) is 14.4 Å². The van der Waals surface area contributed by atoms with Gasteiger partial charge in [0, 0.05) is 40.0 Å². The maximum atomic E-state index is 11.8. The van der Waals surface area contributed by atoms with Crippen LogP contribution in [0.5, 0.6) is 0 Å². The Hall–Kier alpha value is -1.59. The highest BCUT2D eigenvalue weighted by molar-refractivity contribution is 5.80. The molecule has 0 bridgehead atoms. The van der Waals surface area contributed by atoms with E-state index >= 15 is 0 Å². The first-order valence-electron chi connectivity index (χ1n) is 6.28. The van der Waals surface area contributed by atoms with Crippen LogP contribution in [0.25, 0.3) is 0 Å². The minimum absolute atomic E-state index is 0.0192. The Morgan fingerprint density at radius 3 is 2.44 bits per heavy atom. The monoisotopic (exact) mass is 255 g/mol. The maximum absolute atomic E-state index is 11.8. The summed E-state index contributed by atoms with van der Waals surface area (Å²) in [4.78, 5) is 35.4. The van der Waals surface area contributed by atoms with Crippen LogP contribution in [0.15, 0.2) is 0 Å². The van der Waals surface area contributed by atoms with Gasteiger partial charge in [-0.15, -0.1) is 0 Å². The quantitative estimate of drug-likeness (QED) is 0.665. The molecule has 0 aromatic carbocycles. The van der Waals surface area contributed by atoms with Crippen LogP contribution in [0.3, 0.4) is 0 Å². The SMILES string of the molecule is CC(=O)NCCNC(=O)C1CCCN(C(C)=O)C1. The van der Waals surface area contributed by atoms with Gasteiger partial charge in [-0.1, -0.05) is 0 Å². The number of carbonyl (C=O) groups is 3. The largest absolute Gasteiger partial charge is 0.355 e. The van der Waals surface area contributed by atoms with Crippen molar-refractivity contribution >= 4 is 17.7 Å². The second-order valence-electron chi connectivity index (χ2n) is 4.58. The molecule has 2 N–H and O–H groups in total. The predicted octanol–water partition coefficient (Wildman–Crippen LogP) is -0.503. The molecule has 1 aliphatic rings. The third-order valence-electron chi connectivity index (χ3n) is 3.04. The Bertz CT molecular complexity index is 331. The van der Waals surface area contributed by atoms with E-state index in [0.29, 0.717) is 19.6 Å². The lowest BCUT2D eigenvalue weighted by atomic mass is 9.97. The first-order valence-corrected chi connectivity index (χ1v) is 6.28. The lowest BCUT2D eigenvalue weighted by molar-refractivity contribution is -0.134. The molecule has 1 aliphatic heterocycles. The molecule has 0 saturated carbocycles. The van der Waals surface area contributed by atoms with Crippen molar-refractivity contribution in [3.63, 3.8) is 0 Å². The summed E-state index contributed by atoms with van der Waals surface area (Å²) in [5.74, 6) is -0.248. The van der Waals surface area contributed by atoms with Crippen molar-refractivity contribution in [2.75, 3.05) is 26.2 Å². The maximum Gasteiger partial charge on any atom is 0.224 e. The zero-order valence-electron chi connectivity index (χ0n) is 11.0. The molecule has 18 heavy (non-hydrogen) atoms. The van der Waals surface area contributed by atoms with Crippen LogP contribution in [0.1, 0.15) is 26.7 Å². The Morgan fingerprint density at radius 2 is 1.83 bits per heavy atom. The summed E-state index contributed by atoms with van der Waals surface area (Å²) in [7, 11) is 0. The Morgan fingerprint density at radius 1 is 1.17 bits per heavy atom. The molecule has 0 radical (unpaired) electrons. The summed E-state index contributed by atoms with van der Waals surface area (Å²) in [6, 6.07) is 0. The zero-order chi connectivity index (χ0) is 13.5. The summed E-state index contributed by atoms with van der Waals surface area (Å²) < 4.78 is 0. The van der Waals surface area contributed by atoms with Gasteiger partial charge in [-0.25, -0.2) is 0 Å². The fourth-order valence-corrected chi connectivity index (χ4v) is 2.05. The molecule has 1 unspecified atom stereocenters. The summed E-state index contributed by atoms with van der Waals surface area (Å²) in [5, 5.41) is 5.39. The number of rotatable bonds is 4. The summed E-state index contributed by atoms with van der Waals surface area (Å²) in [5.41, 5.74) is 0. The highest BCUT2D eigenvalue weighted by atomic mass is 16.2. The van der Waals surface area contributed by atoms with Gasteiger partial charge in [0.05, 0.1) is 5.92 Å². The predicted molar refractivity (Wildman–Crippen MR) is 66.7 cm³/mol. The Labute approximate surface area is 107 Å². The van der Waals surface area contributed by atoms with E-state index in [0.717, 1.165) is 19.4 Å². The Balaban J connectivity index is 2.28. The number of carbonyl (C=O) groups excluding carboxylic acids is 3. The number of hydrogen-bond acceptors (Lipinski definition) is 3. The van der Waals surface area contributed by atoms with Crippen molar-refractivity contribution < 1.29 is 14.4 Å². The number of amides is 3. The van der Waals surface area contributed by atoms with Gasteiger partial charge >= 0.3 is 0 Å². The first kappa shape index (κ1) is 14.5. The van der Waals surface area contributed by atoms with Crippen LogP contribution in [-0.4, -0.2) is 48.8 Å². The van der Waals surface area contributed by atoms with Gasteiger partial charge in [0.1, 0.15) is 0 Å². The van der Waals surface area contributed by atoms with E-state index in [9.17, 15) is 14.4 Å². The number of piperidine rings is 1. The number of hydrogen-bond donors (Lipinski definition) is 2. The lowest BCUT2D eigenvalue weighted by Gasteiger charge is -2.31. The van der Waals surface area contributed by atoms with Crippen LogP contribution in [0.4, 0.5) is 0 Å². The van der Waals surface area contributed by atoms with E-state index in [2.05, 4.69) is 10.6 Å². The number of likely N-dealkylation sites (tertiary alicyclic amines) is 1. The van der Waals surface area contributed by atoms with Gasteiger partial charge in [0.2, 0.25) is 17.7 Å². The number of nitrogens with one attached hydrogen (secondary N) is 2. The first-order chi connectivity index (χ1) is 8.50. The molecule has 102 valence electrons. The highest BCUT2D eigenvalue weighted by Gasteiger charge is 2.26. The van der Waals surface area contributed by atoms with Gasteiger partial charge in [-0.05, 0) is 12.8 Å². The summed E-state index contributed by atoms with van der Waals surface area (Å²) in [6.45, 7) is 5.07. The average Bonchev–Trinajstić information content (AvgIpc) is 2.34. The van der Waals surface area contributed by atoms with Crippen molar-refractivity contribution in [1.29, 1.82) is 0 Å². The summed E-state index contributed by atoms with van der Waals surface area (Å²) in [6.07, 6.45) is 1.68. The second kappa shape index (κ2) is 6.98. The third kappa shape index (κ3) is 4.73. The molecular weight excluding hydrogens is 234 g/mol. The molecule has 3 amide bonds. The molecule has 0 aromatic heterocycles. The normalized spacial score (nSPS) is 19.2. The van der Waals surface area contributed by atoms with E-state index in [1.807, 2.05) is 0 Å². The molecule has 0 spiro atoms. The molecule has 6 nitrogen and oxygen atoms in total. The van der Waals surface area contributed by atoms with Gasteiger partial charge in [0.15, 0.2) is 0 Å². The Kier molecular flexibility index (Phi) is 5.61. The van der Waals surface area contributed by atoms with Crippen LogP contribution in [0.2, 0.25) is 0 Å². The lowest BCUT2D eigenvalue weighted by Crippen LogP contribution is -2.45. The second-order valence-corrected chi connectivity index (χ2v) is 4.58. The van der Waals surface area contributed by atoms with Crippen molar-refractivity contribution in [1.82, 2.24) is 15.5 Å². The van der Waals surface area contributed by atoms with E-state index in [1.165, 1.54) is 13.8 Å². The number of nitrogens with zero attached hydrogens (tertiary/aromatic N) is 1. The molecule has 0 aliphatic carbocycles. The fourth-order valence-electron chi connectivity index (χ4n) is 2.05. The zero-order valence-corrected chi connectivity index (χ0v) is 11.0. The molecule has 1 saturated heterocycles. The molecule has 6 heteroatoms. The van der Waals surface area contributed by atoms with Crippen molar-refractivity contribution in [3.8, 4) is 0 Å². The minimum atomic E-state index is -0.125. The van der Waals surface area contributed by atoms with Gasteiger partial charge in [-0.2, -0.15) is 0 Å². The van der Waals surface area contributed by atoms with E-state index in [1.54, 1.807) is 4.90 Å². The van der Waals surface area contributed by atoms with Crippen LogP contribution in [0, 0.1) is 5.92 Å². The molecular formula is C12H21N3O3. The fraction of sp³-hybridized carbons (Fsp3) is 0.750. The molecule has 1 atom stereocenters. The molecule has 0 aromatic rings. The van der Waals surface area contributed by atoms with E-state index in [-0.39, 0.29) is 23.6 Å². The van der Waals surface area contributed by atoms with Crippen LogP contribution >= 0.6 is 0 Å². The smallest absolute Gasteiger partial charge is 0.224 e. The minimum Gasteiger partial charge on any atom is -0.355 e. The molecule has 1 heterocycles. The van der Waals surface area contributed by atoms with Crippen molar-refractivity contribution in [3.05, 3.63) is 0 Å². The van der Waals surface area contributed by atoms with Crippen molar-refractivity contribution in [2.45, 2.75) is 26.7 Å². The average molecular weight is 255 g/mol. The van der Waals surface area contributed by atoms with Crippen molar-refractivity contribution in [2.24, 2.45) is 5.92 Å². The third-order valence-corrected chi connectivity index (χ3v) is 3.04. The van der Waals surface area contributed by atoms with Gasteiger partial charge in [0.25, 0.3) is 0 Å².